The van der Waals surface area contributed by atoms with E-state index in [4.69, 9.17) is 0 Å². The van der Waals surface area contributed by atoms with E-state index in [0.29, 0.717) is 6.42 Å². The highest BCUT2D eigenvalue weighted by Crippen LogP contribution is 2.23. The molecule has 17 heavy (non-hydrogen) atoms. The lowest BCUT2D eigenvalue weighted by Crippen LogP contribution is -2.36. The molecule has 1 aliphatic carbocycles. The van der Waals surface area contributed by atoms with Crippen LogP contribution in [0, 0.1) is 5.92 Å². The third-order valence-electron chi connectivity index (χ3n) is 2.88. The van der Waals surface area contributed by atoms with Crippen molar-refractivity contribution in [3.63, 3.8) is 0 Å². The van der Waals surface area contributed by atoms with Crippen LogP contribution in [0.15, 0.2) is 0 Å². The van der Waals surface area contributed by atoms with Gasteiger partial charge in [-0.15, -0.1) is 0 Å². The van der Waals surface area contributed by atoms with Crippen LogP contribution in [0.2, 0.25) is 0 Å². The van der Waals surface area contributed by atoms with Gasteiger partial charge in [0.15, 0.2) is 5.75 Å². The van der Waals surface area contributed by atoms with Gasteiger partial charge in [-0.05, 0) is 25.2 Å². The first-order chi connectivity index (χ1) is 7.93. The molecule has 1 saturated carbocycles. The van der Waals surface area contributed by atoms with Crippen molar-refractivity contribution in [3.05, 3.63) is 0 Å². The Morgan fingerprint density at radius 1 is 1.47 bits per heavy atom. The normalized spacial score (nSPS) is 25.5. The molecule has 0 aliphatic heterocycles. The number of sulfonamides is 1. The molecule has 2 unspecified atom stereocenters. The Kier molecular flexibility index (Phi) is 5.35. The molecule has 0 amide bonds. The molecule has 0 aromatic rings. The number of hydrogen-bond acceptors (Lipinski definition) is 5. The molecule has 0 radical (unpaired) electrons. The van der Waals surface area contributed by atoms with E-state index in [1.807, 2.05) is 0 Å². The van der Waals surface area contributed by atoms with Crippen LogP contribution in [0.1, 0.15) is 25.7 Å². The zero-order chi connectivity index (χ0) is 12.9. The highest BCUT2D eigenvalue weighted by Gasteiger charge is 2.23. The van der Waals surface area contributed by atoms with Crippen LogP contribution in [0.4, 0.5) is 0 Å². The predicted octanol–water partition coefficient (Wildman–Crippen LogP) is -0.370. The fourth-order valence-corrected chi connectivity index (χ4v) is 2.98. The molecule has 0 heterocycles. The number of hydrogen-bond donors (Lipinski definition) is 2. The maximum atomic E-state index is 11.4. The monoisotopic (exact) mass is 265 g/mol. The average Bonchev–Trinajstić information content (AvgIpc) is 2.26. The van der Waals surface area contributed by atoms with E-state index < -0.39 is 21.7 Å². The van der Waals surface area contributed by atoms with E-state index in [1.54, 1.807) is 0 Å². The number of esters is 1. The van der Waals surface area contributed by atoms with Crippen molar-refractivity contribution in [2.45, 2.75) is 31.8 Å². The number of carbonyl (C=O) groups excluding carboxylic acids is 1. The molecule has 1 aliphatic rings. The quantitative estimate of drug-likeness (QED) is 0.662. The Morgan fingerprint density at radius 2 is 2.18 bits per heavy atom. The molecule has 0 bridgehead atoms. The Hall–Kier alpha value is -0.660. The zero-order valence-corrected chi connectivity index (χ0v) is 10.7. The summed E-state index contributed by atoms with van der Waals surface area (Å²) >= 11 is 0. The summed E-state index contributed by atoms with van der Waals surface area (Å²) in [5, 5.41) is 9.44. The Balaban J connectivity index is 2.36. The first-order valence-electron chi connectivity index (χ1n) is 5.65. The van der Waals surface area contributed by atoms with E-state index in [1.165, 1.54) is 0 Å². The topological polar surface area (TPSA) is 92.7 Å². The van der Waals surface area contributed by atoms with Crippen molar-refractivity contribution in [1.29, 1.82) is 0 Å². The van der Waals surface area contributed by atoms with Gasteiger partial charge in [0.1, 0.15) is 0 Å². The van der Waals surface area contributed by atoms with Crippen molar-refractivity contribution < 1.29 is 23.1 Å². The summed E-state index contributed by atoms with van der Waals surface area (Å²) in [6, 6.07) is 0. The van der Waals surface area contributed by atoms with Gasteiger partial charge in [-0.2, -0.15) is 0 Å². The summed E-state index contributed by atoms with van der Waals surface area (Å²) in [6.45, 7) is 0.274. The van der Waals surface area contributed by atoms with Crippen LogP contribution in [0.5, 0.6) is 0 Å². The van der Waals surface area contributed by atoms with E-state index >= 15 is 0 Å². The van der Waals surface area contributed by atoms with Crippen molar-refractivity contribution in [1.82, 2.24) is 4.72 Å². The lowest BCUT2D eigenvalue weighted by molar-refractivity contribution is -0.137. The molecule has 0 saturated heterocycles. The van der Waals surface area contributed by atoms with Crippen LogP contribution >= 0.6 is 0 Å². The average molecular weight is 265 g/mol. The standard InChI is InChI=1S/C10H19NO5S/c1-16-10(13)7-17(14,15)11-6-8-3-2-4-9(12)5-8/h8-9,11-12H,2-7H2,1H3. The third kappa shape index (κ3) is 5.47. The summed E-state index contributed by atoms with van der Waals surface area (Å²) in [6.07, 6.45) is 2.87. The molecule has 1 rings (SSSR count). The summed E-state index contributed by atoms with van der Waals surface area (Å²) in [4.78, 5) is 10.8. The Bertz CT molecular complexity index is 354. The van der Waals surface area contributed by atoms with E-state index in [9.17, 15) is 18.3 Å². The lowest BCUT2D eigenvalue weighted by atomic mass is 9.87. The highest BCUT2D eigenvalue weighted by molar-refractivity contribution is 7.90. The number of ether oxygens (including phenoxy) is 1. The molecular formula is C10H19NO5S. The van der Waals surface area contributed by atoms with Crippen LogP contribution in [0.3, 0.4) is 0 Å². The number of aliphatic hydroxyl groups excluding tert-OH is 1. The number of aliphatic hydroxyl groups is 1. The smallest absolute Gasteiger partial charge is 0.322 e. The summed E-state index contributed by atoms with van der Waals surface area (Å²) < 4.78 is 29.6. The van der Waals surface area contributed by atoms with Gasteiger partial charge in [0.05, 0.1) is 13.2 Å². The second-order valence-corrected chi connectivity index (χ2v) is 6.18. The van der Waals surface area contributed by atoms with Crippen molar-refractivity contribution in [2.75, 3.05) is 19.4 Å². The Morgan fingerprint density at radius 3 is 2.76 bits per heavy atom. The second kappa shape index (κ2) is 6.32. The summed E-state index contributed by atoms with van der Waals surface area (Å²) in [5.41, 5.74) is 0. The number of nitrogens with one attached hydrogen (secondary N) is 1. The fourth-order valence-electron chi connectivity index (χ4n) is 1.96. The van der Waals surface area contributed by atoms with Crippen LogP contribution < -0.4 is 4.72 Å². The SMILES string of the molecule is COC(=O)CS(=O)(=O)NCC1CCCC(O)C1. The predicted molar refractivity (Wildman–Crippen MR) is 61.8 cm³/mol. The van der Waals surface area contributed by atoms with Crippen LogP contribution in [-0.2, 0) is 19.6 Å². The largest absolute Gasteiger partial charge is 0.468 e. The van der Waals surface area contributed by atoms with Gasteiger partial charge in [-0.25, -0.2) is 13.1 Å². The Labute approximate surface area is 101 Å². The molecule has 6 nitrogen and oxygen atoms in total. The first-order valence-corrected chi connectivity index (χ1v) is 7.30. The van der Waals surface area contributed by atoms with Gasteiger partial charge >= 0.3 is 5.97 Å². The molecule has 1 fully saturated rings. The molecule has 2 atom stereocenters. The van der Waals surface area contributed by atoms with Gasteiger partial charge < -0.3 is 9.84 Å². The molecule has 100 valence electrons. The van der Waals surface area contributed by atoms with Crippen molar-refractivity contribution in [3.8, 4) is 0 Å². The van der Waals surface area contributed by atoms with E-state index in [0.717, 1.165) is 26.4 Å². The minimum Gasteiger partial charge on any atom is -0.468 e. The minimum atomic E-state index is -3.62. The maximum Gasteiger partial charge on any atom is 0.322 e. The molecule has 0 aromatic heterocycles. The van der Waals surface area contributed by atoms with Crippen LogP contribution in [-0.4, -0.2) is 45.0 Å². The lowest BCUT2D eigenvalue weighted by Gasteiger charge is -2.25. The number of carbonyl (C=O) groups is 1. The van der Waals surface area contributed by atoms with Gasteiger partial charge in [0, 0.05) is 6.54 Å². The molecule has 0 spiro atoms. The van der Waals surface area contributed by atoms with Gasteiger partial charge in [-0.1, -0.05) is 6.42 Å². The summed E-state index contributed by atoms with van der Waals surface area (Å²) in [5.74, 6) is -1.29. The minimum absolute atomic E-state index is 0.145. The van der Waals surface area contributed by atoms with Gasteiger partial charge in [-0.3, -0.25) is 4.79 Å². The molecule has 2 N–H and O–H groups in total. The maximum absolute atomic E-state index is 11.4. The molecule has 0 aromatic carbocycles. The molecule has 7 heteroatoms. The van der Waals surface area contributed by atoms with E-state index in [-0.39, 0.29) is 18.6 Å². The van der Waals surface area contributed by atoms with Crippen molar-refractivity contribution >= 4 is 16.0 Å². The fraction of sp³-hybridized carbons (Fsp3) is 0.900. The second-order valence-electron chi connectivity index (χ2n) is 4.37. The highest BCUT2D eigenvalue weighted by atomic mass is 32.2. The van der Waals surface area contributed by atoms with Crippen molar-refractivity contribution in [2.24, 2.45) is 5.92 Å². The van der Waals surface area contributed by atoms with Gasteiger partial charge in [0.25, 0.3) is 0 Å². The number of rotatable bonds is 5. The third-order valence-corrected chi connectivity index (χ3v) is 4.10. The molecular weight excluding hydrogens is 246 g/mol. The van der Waals surface area contributed by atoms with E-state index in [2.05, 4.69) is 9.46 Å². The van der Waals surface area contributed by atoms with Crippen LogP contribution in [0.25, 0.3) is 0 Å². The first kappa shape index (κ1) is 14.4. The zero-order valence-electron chi connectivity index (χ0n) is 9.89. The number of methoxy groups -OCH3 is 1. The summed E-state index contributed by atoms with van der Waals surface area (Å²) in [7, 11) is -2.47. The van der Waals surface area contributed by atoms with Gasteiger partial charge in [0.2, 0.25) is 10.0 Å².